The Kier molecular flexibility index (Phi) is 7.84. The van der Waals surface area contributed by atoms with Crippen LogP contribution in [0.4, 0.5) is 8.78 Å². The fourth-order valence-electron chi connectivity index (χ4n) is 3.30. The molecule has 0 bridgehead atoms. The highest BCUT2D eigenvalue weighted by Gasteiger charge is 2.22. The average Bonchev–Trinajstić information content (AvgIpc) is 2.75. The maximum atomic E-state index is 13.2. The van der Waals surface area contributed by atoms with Crippen molar-refractivity contribution in [2.45, 2.75) is 24.9 Å². The molecule has 0 aliphatic carbocycles. The normalized spacial score (nSPS) is 11.6. The molecule has 1 aromatic heterocycles. The Morgan fingerprint density at radius 1 is 1.15 bits per heavy atom. The Morgan fingerprint density at radius 2 is 1.85 bits per heavy atom. The lowest BCUT2D eigenvalue weighted by Gasteiger charge is -2.18. The van der Waals surface area contributed by atoms with Gasteiger partial charge in [0.05, 0.1) is 22.5 Å². The first-order valence-corrected chi connectivity index (χ1v) is 12.3. The SMILES string of the molecule is COC(=O)COc1ccc(Cl)c2nc(OC(F)F)c(Cc3ccc(S(C)(=O)=O)cc3Cl)c(C)c12. The van der Waals surface area contributed by atoms with Crippen molar-refractivity contribution in [3.63, 3.8) is 0 Å². The number of hydrogen-bond acceptors (Lipinski definition) is 7. The number of aromatic nitrogens is 1. The van der Waals surface area contributed by atoms with Crippen molar-refractivity contribution in [3.8, 4) is 11.6 Å². The predicted octanol–water partition coefficient (Wildman–Crippen LogP) is 5.00. The second-order valence-electron chi connectivity index (χ2n) is 7.24. The van der Waals surface area contributed by atoms with E-state index in [-0.39, 0.29) is 44.1 Å². The smallest absolute Gasteiger partial charge is 0.388 e. The number of fused-ring (bicyclic) bond motifs is 1. The monoisotopic (exact) mass is 533 g/mol. The van der Waals surface area contributed by atoms with E-state index in [2.05, 4.69) is 14.5 Å². The van der Waals surface area contributed by atoms with Gasteiger partial charge in [-0.05, 0) is 42.3 Å². The minimum atomic E-state index is -3.49. The van der Waals surface area contributed by atoms with E-state index in [1.807, 2.05) is 0 Å². The van der Waals surface area contributed by atoms with Crippen molar-refractivity contribution in [3.05, 3.63) is 57.1 Å². The molecule has 0 atom stereocenters. The number of rotatable bonds is 8. The molecular formula is C22H19Cl2F2NO6S. The standard InChI is InChI=1S/C22H19Cl2F2NO6S/c1-11-14(8-12-4-5-13(9-16(12)24)34(3,29)30)21(33-22(25)26)27-20-15(23)6-7-17(19(11)20)32-10-18(28)31-2/h4-7,9,22H,8,10H2,1-3H3. The van der Waals surface area contributed by atoms with Crippen LogP contribution in [0.25, 0.3) is 10.9 Å². The maximum Gasteiger partial charge on any atom is 0.388 e. The van der Waals surface area contributed by atoms with Gasteiger partial charge in [-0.1, -0.05) is 29.3 Å². The van der Waals surface area contributed by atoms with E-state index in [1.165, 1.54) is 37.4 Å². The van der Waals surface area contributed by atoms with Gasteiger partial charge in [0, 0.05) is 28.6 Å². The molecule has 0 fully saturated rings. The number of carbonyl (C=O) groups excluding carboxylic acids is 1. The molecule has 182 valence electrons. The summed E-state index contributed by atoms with van der Waals surface area (Å²) in [4.78, 5) is 15.8. The number of ether oxygens (including phenoxy) is 3. The van der Waals surface area contributed by atoms with Crippen LogP contribution in [-0.2, 0) is 25.8 Å². The van der Waals surface area contributed by atoms with Gasteiger partial charge in [0.2, 0.25) is 5.88 Å². The molecule has 0 aliphatic heterocycles. The molecule has 1 heterocycles. The van der Waals surface area contributed by atoms with E-state index in [0.717, 1.165) is 6.26 Å². The molecule has 0 saturated heterocycles. The van der Waals surface area contributed by atoms with Crippen molar-refractivity contribution in [1.29, 1.82) is 0 Å². The lowest BCUT2D eigenvalue weighted by Crippen LogP contribution is -2.13. The summed E-state index contributed by atoms with van der Waals surface area (Å²) < 4.78 is 64.8. The maximum absolute atomic E-state index is 13.2. The van der Waals surface area contributed by atoms with E-state index in [0.29, 0.717) is 16.5 Å². The second kappa shape index (κ2) is 10.3. The summed E-state index contributed by atoms with van der Waals surface area (Å²) in [6, 6.07) is 7.12. The summed E-state index contributed by atoms with van der Waals surface area (Å²) in [5.74, 6) is -0.752. The fourth-order valence-corrected chi connectivity index (χ4v) is 4.46. The molecule has 3 aromatic rings. The van der Waals surface area contributed by atoms with Crippen LogP contribution in [0.1, 0.15) is 16.7 Å². The van der Waals surface area contributed by atoms with E-state index >= 15 is 0 Å². The Morgan fingerprint density at radius 3 is 2.44 bits per heavy atom. The summed E-state index contributed by atoms with van der Waals surface area (Å²) in [5, 5.41) is 0.667. The van der Waals surface area contributed by atoms with E-state index in [4.69, 9.17) is 27.9 Å². The van der Waals surface area contributed by atoms with Gasteiger partial charge in [0.25, 0.3) is 0 Å². The quantitative estimate of drug-likeness (QED) is 0.376. The molecule has 12 heteroatoms. The topological polar surface area (TPSA) is 91.8 Å². The van der Waals surface area contributed by atoms with Gasteiger partial charge >= 0.3 is 12.6 Å². The minimum absolute atomic E-state index is 0.0113. The third-order valence-corrected chi connectivity index (χ3v) is 6.75. The Hall–Kier alpha value is -2.69. The van der Waals surface area contributed by atoms with Crippen LogP contribution in [0.5, 0.6) is 11.6 Å². The molecule has 3 rings (SSSR count). The molecule has 34 heavy (non-hydrogen) atoms. The Labute approximate surface area is 204 Å². The molecule has 0 spiro atoms. The first-order valence-electron chi connectivity index (χ1n) is 9.67. The van der Waals surface area contributed by atoms with Crippen molar-refractivity contribution in [2.24, 2.45) is 0 Å². The zero-order valence-corrected chi connectivity index (χ0v) is 20.5. The first-order chi connectivity index (χ1) is 15.9. The zero-order chi connectivity index (χ0) is 25.2. The van der Waals surface area contributed by atoms with E-state index < -0.39 is 29.0 Å². The number of esters is 1. The van der Waals surface area contributed by atoms with Crippen LogP contribution >= 0.6 is 23.2 Å². The molecule has 0 unspecified atom stereocenters. The van der Waals surface area contributed by atoms with Gasteiger partial charge in [-0.15, -0.1) is 0 Å². The number of nitrogens with zero attached hydrogens (tertiary/aromatic N) is 1. The highest BCUT2D eigenvalue weighted by molar-refractivity contribution is 7.90. The van der Waals surface area contributed by atoms with Crippen LogP contribution in [0.2, 0.25) is 10.0 Å². The number of methoxy groups -OCH3 is 1. The van der Waals surface area contributed by atoms with Crippen LogP contribution in [0, 0.1) is 6.92 Å². The molecule has 2 aromatic carbocycles. The number of halogens is 4. The number of sulfone groups is 1. The van der Waals surface area contributed by atoms with Gasteiger partial charge in [-0.2, -0.15) is 8.78 Å². The highest BCUT2D eigenvalue weighted by Crippen LogP contribution is 2.39. The second-order valence-corrected chi connectivity index (χ2v) is 10.1. The molecule has 0 radical (unpaired) electrons. The van der Waals surface area contributed by atoms with Gasteiger partial charge < -0.3 is 14.2 Å². The minimum Gasteiger partial charge on any atom is -0.481 e. The summed E-state index contributed by atoms with van der Waals surface area (Å²) >= 11 is 12.6. The number of aryl methyl sites for hydroxylation is 1. The van der Waals surface area contributed by atoms with Gasteiger partial charge in [-0.3, -0.25) is 0 Å². The summed E-state index contributed by atoms with van der Waals surface area (Å²) in [6.45, 7) is -1.92. The van der Waals surface area contributed by atoms with Gasteiger partial charge in [0.1, 0.15) is 5.75 Å². The first kappa shape index (κ1) is 25.9. The third kappa shape index (κ3) is 5.68. The lowest BCUT2D eigenvalue weighted by atomic mass is 9.97. The summed E-state index contributed by atoms with van der Waals surface area (Å²) in [6.07, 6.45) is 1.03. The fraction of sp³-hybridized carbons (Fsp3) is 0.273. The number of carbonyl (C=O) groups is 1. The van der Waals surface area contributed by atoms with Crippen LogP contribution in [-0.4, -0.2) is 46.0 Å². The van der Waals surface area contributed by atoms with Crippen LogP contribution in [0.3, 0.4) is 0 Å². The zero-order valence-electron chi connectivity index (χ0n) is 18.2. The average molecular weight is 534 g/mol. The van der Waals surface area contributed by atoms with Crippen molar-refractivity contribution >= 4 is 49.9 Å². The summed E-state index contributed by atoms with van der Waals surface area (Å²) in [5.41, 5.74) is 1.30. The van der Waals surface area contributed by atoms with Crippen molar-refractivity contribution < 1.29 is 36.2 Å². The highest BCUT2D eigenvalue weighted by atomic mass is 35.5. The third-order valence-electron chi connectivity index (χ3n) is 4.98. The Bertz CT molecular complexity index is 1370. The van der Waals surface area contributed by atoms with Gasteiger partial charge in [-0.25, -0.2) is 18.2 Å². The molecule has 0 saturated carbocycles. The van der Waals surface area contributed by atoms with Crippen LogP contribution < -0.4 is 9.47 Å². The molecular weight excluding hydrogens is 515 g/mol. The van der Waals surface area contributed by atoms with Gasteiger partial charge in [0.15, 0.2) is 16.4 Å². The Balaban J connectivity index is 2.19. The largest absolute Gasteiger partial charge is 0.481 e. The van der Waals surface area contributed by atoms with Crippen molar-refractivity contribution in [2.75, 3.05) is 20.0 Å². The number of benzene rings is 2. The summed E-state index contributed by atoms with van der Waals surface area (Å²) in [7, 11) is -2.28. The van der Waals surface area contributed by atoms with E-state index in [1.54, 1.807) is 6.92 Å². The van der Waals surface area contributed by atoms with Crippen molar-refractivity contribution in [1.82, 2.24) is 4.98 Å². The number of pyridine rings is 1. The molecule has 7 nitrogen and oxygen atoms in total. The molecule has 0 aliphatic rings. The lowest BCUT2D eigenvalue weighted by molar-refractivity contribution is -0.142. The molecule has 0 amide bonds. The number of hydrogen-bond donors (Lipinski definition) is 0. The number of alkyl halides is 2. The van der Waals surface area contributed by atoms with Crippen LogP contribution in [0.15, 0.2) is 35.2 Å². The predicted molar refractivity (Wildman–Crippen MR) is 123 cm³/mol. The van der Waals surface area contributed by atoms with E-state index in [9.17, 15) is 22.0 Å². The molecule has 0 N–H and O–H groups in total.